The van der Waals surface area contributed by atoms with E-state index in [9.17, 15) is 4.79 Å². The fraction of sp³-hybridized carbons (Fsp3) is 0.692. The molecule has 6 heteroatoms. The van der Waals surface area contributed by atoms with E-state index in [1.165, 1.54) is 5.56 Å². The molecule has 0 radical (unpaired) electrons. The standard InChI is InChI=1S/C13H22N4O2/c1-17-10-11(8-15-17)2-5-14-9-13(18)16-12-3-6-19-7-4-12/h8,10,12,14H,2-7,9H2,1H3,(H,16,18). The van der Waals surface area contributed by atoms with E-state index >= 15 is 0 Å². The first-order valence-electron chi connectivity index (χ1n) is 6.79. The normalized spacial score (nSPS) is 16.5. The number of aryl methyl sites for hydroxylation is 1. The van der Waals surface area contributed by atoms with Gasteiger partial charge in [0.25, 0.3) is 0 Å². The van der Waals surface area contributed by atoms with Crippen molar-refractivity contribution in [3.8, 4) is 0 Å². The lowest BCUT2D eigenvalue weighted by Crippen LogP contribution is -2.43. The Labute approximate surface area is 113 Å². The highest BCUT2D eigenvalue weighted by Crippen LogP contribution is 2.05. The maximum atomic E-state index is 11.7. The number of ether oxygens (including phenoxy) is 1. The Hall–Kier alpha value is -1.40. The molecule has 2 N–H and O–H groups in total. The van der Waals surface area contributed by atoms with Crippen molar-refractivity contribution in [2.24, 2.45) is 7.05 Å². The summed E-state index contributed by atoms with van der Waals surface area (Å²) >= 11 is 0. The van der Waals surface area contributed by atoms with Crippen LogP contribution in [0.4, 0.5) is 0 Å². The smallest absolute Gasteiger partial charge is 0.234 e. The van der Waals surface area contributed by atoms with E-state index < -0.39 is 0 Å². The molecule has 0 aliphatic carbocycles. The van der Waals surface area contributed by atoms with Crippen LogP contribution in [0.1, 0.15) is 18.4 Å². The molecule has 1 aromatic rings. The fourth-order valence-electron chi connectivity index (χ4n) is 2.16. The van der Waals surface area contributed by atoms with Crippen LogP contribution in [-0.4, -0.2) is 48.0 Å². The average Bonchev–Trinajstić information content (AvgIpc) is 2.82. The Morgan fingerprint density at radius 2 is 2.32 bits per heavy atom. The number of nitrogens with one attached hydrogen (secondary N) is 2. The van der Waals surface area contributed by atoms with Gasteiger partial charge >= 0.3 is 0 Å². The summed E-state index contributed by atoms with van der Waals surface area (Å²) in [5.41, 5.74) is 1.18. The second-order valence-electron chi connectivity index (χ2n) is 4.90. The molecular formula is C13H22N4O2. The Bertz CT molecular complexity index is 399. The minimum absolute atomic E-state index is 0.0677. The molecule has 1 aliphatic rings. The number of rotatable bonds is 6. The number of hydrogen-bond donors (Lipinski definition) is 2. The van der Waals surface area contributed by atoms with Gasteiger partial charge in [0.05, 0.1) is 12.7 Å². The number of carbonyl (C=O) groups excluding carboxylic acids is 1. The van der Waals surface area contributed by atoms with Crippen LogP contribution in [0.5, 0.6) is 0 Å². The molecule has 1 fully saturated rings. The molecule has 6 nitrogen and oxygen atoms in total. The number of nitrogens with zero attached hydrogens (tertiary/aromatic N) is 2. The zero-order valence-corrected chi connectivity index (χ0v) is 11.4. The summed E-state index contributed by atoms with van der Waals surface area (Å²) in [6.07, 6.45) is 6.56. The van der Waals surface area contributed by atoms with Crippen molar-refractivity contribution in [2.75, 3.05) is 26.3 Å². The van der Waals surface area contributed by atoms with E-state index in [1.807, 2.05) is 19.4 Å². The Balaban J connectivity index is 1.56. The molecule has 1 aromatic heterocycles. The molecule has 1 saturated heterocycles. The molecule has 1 amide bonds. The molecule has 19 heavy (non-hydrogen) atoms. The van der Waals surface area contributed by atoms with Gasteiger partial charge in [-0.3, -0.25) is 9.48 Å². The van der Waals surface area contributed by atoms with Crippen molar-refractivity contribution in [1.82, 2.24) is 20.4 Å². The van der Waals surface area contributed by atoms with Crippen LogP contribution < -0.4 is 10.6 Å². The Morgan fingerprint density at radius 3 is 3.00 bits per heavy atom. The van der Waals surface area contributed by atoms with Crippen molar-refractivity contribution in [1.29, 1.82) is 0 Å². The van der Waals surface area contributed by atoms with Crippen LogP contribution in [0, 0.1) is 0 Å². The number of hydrogen-bond acceptors (Lipinski definition) is 4. The lowest BCUT2D eigenvalue weighted by atomic mass is 10.1. The van der Waals surface area contributed by atoms with Crippen LogP contribution in [0.2, 0.25) is 0 Å². The summed E-state index contributed by atoms with van der Waals surface area (Å²) in [6.45, 7) is 2.66. The molecule has 0 bridgehead atoms. The molecule has 0 aromatic carbocycles. The molecule has 2 heterocycles. The number of carbonyl (C=O) groups is 1. The minimum atomic E-state index is 0.0677. The SMILES string of the molecule is Cn1cc(CCNCC(=O)NC2CCOCC2)cn1. The van der Waals surface area contributed by atoms with Gasteiger partial charge in [0.15, 0.2) is 0 Å². The summed E-state index contributed by atoms with van der Waals surface area (Å²) in [5.74, 6) is 0.0677. The van der Waals surface area contributed by atoms with E-state index in [0.717, 1.165) is 39.0 Å². The number of aromatic nitrogens is 2. The highest BCUT2D eigenvalue weighted by molar-refractivity contribution is 5.78. The summed E-state index contributed by atoms with van der Waals surface area (Å²) in [7, 11) is 1.90. The third kappa shape index (κ3) is 5.00. The van der Waals surface area contributed by atoms with Crippen molar-refractivity contribution >= 4 is 5.91 Å². The van der Waals surface area contributed by atoms with E-state index in [0.29, 0.717) is 6.54 Å². The quantitative estimate of drug-likeness (QED) is 0.703. The van der Waals surface area contributed by atoms with Crippen molar-refractivity contribution < 1.29 is 9.53 Å². The maximum absolute atomic E-state index is 11.7. The predicted octanol–water partition coefficient (Wildman–Crippen LogP) is -0.153. The molecule has 0 saturated carbocycles. The van der Waals surface area contributed by atoms with E-state index in [2.05, 4.69) is 15.7 Å². The molecule has 0 atom stereocenters. The predicted molar refractivity (Wildman–Crippen MR) is 71.8 cm³/mol. The van der Waals surface area contributed by atoms with Gasteiger partial charge in [0.2, 0.25) is 5.91 Å². The lowest BCUT2D eigenvalue weighted by Gasteiger charge is -2.23. The van der Waals surface area contributed by atoms with Gasteiger partial charge in [0, 0.05) is 32.5 Å². The van der Waals surface area contributed by atoms with Gasteiger partial charge in [0.1, 0.15) is 0 Å². The maximum Gasteiger partial charge on any atom is 0.234 e. The highest BCUT2D eigenvalue weighted by atomic mass is 16.5. The fourth-order valence-corrected chi connectivity index (χ4v) is 2.16. The topological polar surface area (TPSA) is 68.2 Å². The second-order valence-corrected chi connectivity index (χ2v) is 4.90. The third-order valence-corrected chi connectivity index (χ3v) is 3.22. The first kappa shape index (κ1) is 14.0. The van der Waals surface area contributed by atoms with Crippen LogP contribution >= 0.6 is 0 Å². The van der Waals surface area contributed by atoms with Crippen molar-refractivity contribution in [3.05, 3.63) is 18.0 Å². The second kappa shape index (κ2) is 7.25. The largest absolute Gasteiger partial charge is 0.381 e. The van der Waals surface area contributed by atoms with E-state index in [-0.39, 0.29) is 11.9 Å². The van der Waals surface area contributed by atoms with Gasteiger partial charge < -0.3 is 15.4 Å². The van der Waals surface area contributed by atoms with Gasteiger partial charge in [-0.25, -0.2) is 0 Å². The zero-order chi connectivity index (χ0) is 13.5. The first-order chi connectivity index (χ1) is 9.24. The Kier molecular flexibility index (Phi) is 5.35. The molecule has 2 rings (SSSR count). The van der Waals surface area contributed by atoms with Gasteiger partial charge in [-0.1, -0.05) is 0 Å². The monoisotopic (exact) mass is 266 g/mol. The molecule has 0 spiro atoms. The molecule has 106 valence electrons. The van der Waals surface area contributed by atoms with Crippen molar-refractivity contribution in [3.63, 3.8) is 0 Å². The summed E-state index contributed by atoms with van der Waals surface area (Å²) in [4.78, 5) is 11.7. The molecule has 0 unspecified atom stereocenters. The molecular weight excluding hydrogens is 244 g/mol. The lowest BCUT2D eigenvalue weighted by molar-refractivity contribution is -0.121. The van der Waals surface area contributed by atoms with Gasteiger partial charge in [-0.05, 0) is 31.4 Å². The van der Waals surface area contributed by atoms with E-state index in [4.69, 9.17) is 4.74 Å². The third-order valence-electron chi connectivity index (χ3n) is 3.22. The van der Waals surface area contributed by atoms with Crippen molar-refractivity contribution in [2.45, 2.75) is 25.3 Å². The van der Waals surface area contributed by atoms with E-state index in [1.54, 1.807) is 4.68 Å². The zero-order valence-electron chi connectivity index (χ0n) is 11.4. The van der Waals surface area contributed by atoms with Crippen LogP contribution in [-0.2, 0) is 23.0 Å². The summed E-state index contributed by atoms with van der Waals surface area (Å²) < 4.78 is 7.04. The van der Waals surface area contributed by atoms with Crippen LogP contribution in [0.15, 0.2) is 12.4 Å². The first-order valence-corrected chi connectivity index (χ1v) is 6.79. The highest BCUT2D eigenvalue weighted by Gasteiger charge is 2.15. The van der Waals surface area contributed by atoms with Gasteiger partial charge in [-0.2, -0.15) is 5.10 Å². The average molecular weight is 266 g/mol. The minimum Gasteiger partial charge on any atom is -0.381 e. The number of amides is 1. The van der Waals surface area contributed by atoms with Crippen LogP contribution in [0.25, 0.3) is 0 Å². The molecule has 1 aliphatic heterocycles. The van der Waals surface area contributed by atoms with Crippen LogP contribution in [0.3, 0.4) is 0 Å². The summed E-state index contributed by atoms with van der Waals surface area (Å²) in [5, 5.41) is 10.3. The Morgan fingerprint density at radius 1 is 1.53 bits per heavy atom. The van der Waals surface area contributed by atoms with Gasteiger partial charge in [-0.15, -0.1) is 0 Å². The summed E-state index contributed by atoms with van der Waals surface area (Å²) in [6, 6.07) is 0.279.